The number of benzene rings is 3. The van der Waals surface area contributed by atoms with Crippen LogP contribution in [-0.2, 0) is 19.6 Å². The molecule has 3 aromatic carbocycles. The first-order valence-electron chi connectivity index (χ1n) is 14.6. The Morgan fingerprint density at radius 3 is 2.60 bits per heavy atom. The molecule has 0 spiro atoms. The fourth-order valence-corrected chi connectivity index (χ4v) is 6.04. The average molecular weight is 688 g/mol. The summed E-state index contributed by atoms with van der Waals surface area (Å²) in [5.41, 5.74) is 3.00. The quantitative estimate of drug-likeness (QED) is 0.222. The number of imidazole rings is 2. The molecule has 0 saturated heterocycles. The fraction of sp³-hybridized carbons (Fsp3) is 0.212. The Balaban J connectivity index is 1.24. The van der Waals surface area contributed by atoms with E-state index in [0.29, 0.717) is 44.6 Å². The van der Waals surface area contributed by atoms with Crippen LogP contribution in [0.2, 0.25) is 5.02 Å². The topological polar surface area (TPSA) is 114 Å². The second kappa shape index (κ2) is 12.1. The van der Waals surface area contributed by atoms with Crippen molar-refractivity contribution >= 4 is 39.3 Å². The Labute approximate surface area is 271 Å². The van der Waals surface area contributed by atoms with Crippen LogP contribution >= 0.6 is 27.5 Å². The molecule has 1 fully saturated rings. The number of aromatic amines is 1. The highest BCUT2D eigenvalue weighted by Gasteiger charge is 2.32. The minimum absolute atomic E-state index is 0.0793. The summed E-state index contributed by atoms with van der Waals surface area (Å²) in [6, 6.07) is 19.8. The Morgan fingerprint density at radius 2 is 1.87 bits per heavy atom. The zero-order chi connectivity index (χ0) is 31.1. The van der Waals surface area contributed by atoms with E-state index in [2.05, 4.69) is 31.2 Å². The zero-order valence-electron chi connectivity index (χ0n) is 24.0. The van der Waals surface area contributed by atoms with E-state index in [1.54, 1.807) is 52.2 Å². The van der Waals surface area contributed by atoms with Crippen LogP contribution in [0, 0.1) is 0 Å². The highest BCUT2D eigenvalue weighted by atomic mass is 79.9. The maximum absolute atomic E-state index is 14.1. The van der Waals surface area contributed by atoms with Crippen molar-refractivity contribution in [3.63, 3.8) is 0 Å². The third-order valence-corrected chi connectivity index (χ3v) is 9.19. The third kappa shape index (κ3) is 5.81. The molecule has 2 amide bonds. The number of ether oxygens (including phenoxy) is 1. The summed E-state index contributed by atoms with van der Waals surface area (Å²) in [4.78, 5) is 50.7. The summed E-state index contributed by atoms with van der Waals surface area (Å²) in [7, 11) is 0. The van der Waals surface area contributed by atoms with E-state index < -0.39 is 5.91 Å². The lowest BCUT2D eigenvalue weighted by Gasteiger charge is -2.28. The largest absolute Gasteiger partial charge is 0.490 e. The molecular weight excluding hydrogens is 660 g/mol. The molecule has 1 aliphatic carbocycles. The number of nitrogens with one attached hydrogen (secondary N) is 2. The van der Waals surface area contributed by atoms with Crippen molar-refractivity contribution in [3.8, 4) is 22.8 Å². The summed E-state index contributed by atoms with van der Waals surface area (Å²) in [5, 5.41) is 3.52. The van der Waals surface area contributed by atoms with Gasteiger partial charge >= 0.3 is 5.69 Å². The van der Waals surface area contributed by atoms with E-state index in [0.717, 1.165) is 24.0 Å². The van der Waals surface area contributed by atoms with Gasteiger partial charge in [-0.05, 0) is 76.8 Å². The van der Waals surface area contributed by atoms with Gasteiger partial charge in [0.25, 0.3) is 11.8 Å². The molecule has 1 saturated carbocycles. The molecular formula is C33H28BrClN6O4. The van der Waals surface area contributed by atoms with Gasteiger partial charge in [0.05, 0.1) is 29.1 Å². The van der Waals surface area contributed by atoms with E-state index >= 15 is 0 Å². The smallest absolute Gasteiger partial charge is 0.333 e. The van der Waals surface area contributed by atoms with Gasteiger partial charge in [-0.3, -0.25) is 18.7 Å². The predicted molar refractivity (Wildman–Crippen MR) is 173 cm³/mol. The van der Waals surface area contributed by atoms with Crippen molar-refractivity contribution in [3.05, 3.63) is 122 Å². The van der Waals surface area contributed by atoms with Crippen LogP contribution in [0.1, 0.15) is 44.9 Å². The van der Waals surface area contributed by atoms with Gasteiger partial charge in [-0.25, -0.2) is 9.78 Å². The first-order valence-corrected chi connectivity index (χ1v) is 15.8. The molecule has 0 bridgehead atoms. The first kappa shape index (κ1) is 29.1. The van der Waals surface area contributed by atoms with E-state index in [1.807, 2.05) is 36.4 Å². The number of H-pyrrole nitrogens is 1. The zero-order valence-corrected chi connectivity index (χ0v) is 26.3. The lowest BCUT2D eigenvalue weighted by molar-refractivity contribution is 0.0706. The highest BCUT2D eigenvalue weighted by Crippen LogP contribution is 2.29. The van der Waals surface area contributed by atoms with Crippen molar-refractivity contribution in [2.24, 2.45) is 0 Å². The lowest BCUT2D eigenvalue weighted by Crippen LogP contribution is -2.41. The number of amides is 2. The molecule has 3 heterocycles. The van der Waals surface area contributed by atoms with Crippen LogP contribution in [0.3, 0.4) is 0 Å². The van der Waals surface area contributed by atoms with Crippen molar-refractivity contribution in [2.45, 2.75) is 38.6 Å². The van der Waals surface area contributed by atoms with Gasteiger partial charge < -0.3 is 19.9 Å². The van der Waals surface area contributed by atoms with Gasteiger partial charge in [0.1, 0.15) is 17.3 Å². The van der Waals surface area contributed by atoms with Gasteiger partial charge in [-0.15, -0.1) is 0 Å². The van der Waals surface area contributed by atoms with Gasteiger partial charge in [0.2, 0.25) is 0 Å². The van der Waals surface area contributed by atoms with Gasteiger partial charge in [0, 0.05) is 47.6 Å². The number of carbonyl (C=O) groups excluding carboxylic acids is 2. The Bertz CT molecular complexity index is 1960. The standard InChI is InChI=1S/C33H28BrClN6O4/c34-26-17-20(5-12-27(26)35)32(43)39-15-16-40-28(19-39)29(41(33(40)44)22-6-8-23(9-7-22)45-24-10-11-24)31(42)38-18-21-3-1-2-4-25(21)30-36-13-14-37-30/h1-9,12-14,17,24H,10-11,15-16,18-19H2,(H,36,37)(H,38,42). The second-order valence-corrected chi connectivity index (χ2v) is 12.3. The number of fused-ring (bicyclic) bond motifs is 1. The van der Waals surface area contributed by atoms with Gasteiger partial charge in [-0.2, -0.15) is 0 Å². The molecule has 0 unspecified atom stereocenters. The molecule has 12 heteroatoms. The molecule has 2 N–H and O–H groups in total. The number of halogens is 2. The number of hydrogen-bond acceptors (Lipinski definition) is 5. The number of nitrogens with zero attached hydrogens (tertiary/aromatic N) is 4. The minimum atomic E-state index is -0.433. The van der Waals surface area contributed by atoms with Crippen LogP contribution < -0.4 is 15.7 Å². The molecule has 45 heavy (non-hydrogen) atoms. The Hall–Kier alpha value is -4.61. The van der Waals surface area contributed by atoms with Crippen molar-refractivity contribution < 1.29 is 14.3 Å². The molecule has 0 radical (unpaired) electrons. The Kier molecular flexibility index (Phi) is 7.80. The molecule has 10 nitrogen and oxygen atoms in total. The number of rotatable bonds is 8. The van der Waals surface area contributed by atoms with E-state index in [1.165, 1.54) is 4.57 Å². The van der Waals surface area contributed by atoms with Gasteiger partial charge in [0.15, 0.2) is 0 Å². The third-order valence-electron chi connectivity index (χ3n) is 7.98. The van der Waals surface area contributed by atoms with E-state index in [4.69, 9.17) is 16.3 Å². The van der Waals surface area contributed by atoms with E-state index in [9.17, 15) is 14.4 Å². The number of aromatic nitrogens is 4. The van der Waals surface area contributed by atoms with Crippen LogP contribution in [0.4, 0.5) is 0 Å². The first-order chi connectivity index (χ1) is 21.9. The van der Waals surface area contributed by atoms with E-state index in [-0.39, 0.29) is 43.0 Å². The summed E-state index contributed by atoms with van der Waals surface area (Å²) in [5.74, 6) is 0.746. The SMILES string of the molecule is O=C(NCc1ccccc1-c1ncc[nH]1)c1c2n(c(=O)n1-c1ccc(OC3CC3)cc1)CCN(C(=O)c1ccc(Cl)c(Br)c1)C2. The highest BCUT2D eigenvalue weighted by molar-refractivity contribution is 9.10. The molecule has 1 aliphatic heterocycles. The van der Waals surface area contributed by atoms with Crippen LogP contribution in [0.5, 0.6) is 5.75 Å². The molecule has 5 aromatic rings. The maximum atomic E-state index is 14.1. The maximum Gasteiger partial charge on any atom is 0.333 e. The molecule has 2 aromatic heterocycles. The molecule has 228 valence electrons. The summed E-state index contributed by atoms with van der Waals surface area (Å²) in [6.07, 6.45) is 5.71. The molecule has 0 atom stereocenters. The summed E-state index contributed by atoms with van der Waals surface area (Å²) >= 11 is 9.54. The summed E-state index contributed by atoms with van der Waals surface area (Å²) in [6.45, 7) is 0.827. The van der Waals surface area contributed by atoms with Gasteiger partial charge in [-0.1, -0.05) is 35.9 Å². The fourth-order valence-electron chi connectivity index (χ4n) is 5.55. The molecule has 2 aliphatic rings. The second-order valence-electron chi connectivity index (χ2n) is 11.0. The Morgan fingerprint density at radius 1 is 1.07 bits per heavy atom. The van der Waals surface area contributed by atoms with Crippen molar-refractivity contribution in [1.82, 2.24) is 29.3 Å². The molecule has 7 rings (SSSR count). The number of carbonyl (C=O) groups is 2. The van der Waals surface area contributed by atoms with Crippen molar-refractivity contribution in [1.29, 1.82) is 0 Å². The number of hydrogen-bond donors (Lipinski definition) is 2. The normalized spacial score (nSPS) is 14.2. The monoisotopic (exact) mass is 686 g/mol. The van der Waals surface area contributed by atoms with Crippen LogP contribution in [0.25, 0.3) is 17.1 Å². The predicted octanol–water partition coefficient (Wildman–Crippen LogP) is 5.57. The lowest BCUT2D eigenvalue weighted by atomic mass is 10.1. The minimum Gasteiger partial charge on any atom is -0.490 e. The van der Waals surface area contributed by atoms with Crippen molar-refractivity contribution in [2.75, 3.05) is 6.54 Å². The van der Waals surface area contributed by atoms with Crippen LogP contribution in [-0.4, -0.2) is 48.5 Å². The van der Waals surface area contributed by atoms with Crippen LogP contribution in [0.15, 0.2) is 88.4 Å². The summed E-state index contributed by atoms with van der Waals surface area (Å²) < 4.78 is 9.52. The average Bonchev–Trinajstić information content (AvgIpc) is 3.60.